The summed E-state index contributed by atoms with van der Waals surface area (Å²) in [5.41, 5.74) is 25.6. The maximum atomic E-state index is 2.81. The molecule has 0 saturated heterocycles. The first-order chi connectivity index (χ1) is 36.0. The van der Waals surface area contributed by atoms with E-state index in [1.165, 1.54) is 125 Å². The number of nitrogens with zero attached hydrogens (tertiary/aromatic N) is 3. The summed E-state index contributed by atoms with van der Waals surface area (Å²) in [4.78, 5) is 8.07. The average Bonchev–Trinajstić information content (AvgIpc) is 3.88. The monoisotopic (exact) mass is 996 g/mol. The molecule has 4 heteroatoms. The van der Waals surface area contributed by atoms with Crippen LogP contribution >= 0.6 is 0 Å². The molecule has 4 aliphatic rings. The molecule has 0 spiro atoms. The predicted octanol–water partition coefficient (Wildman–Crippen LogP) is 17.7. The minimum Gasteiger partial charge on any atom is -0.334 e. The molecule has 2 unspecified atom stereocenters. The molecule has 1 fully saturated rings. The Balaban J connectivity index is 1.15. The Kier molecular flexibility index (Phi) is 11.4. The third-order valence-corrected chi connectivity index (χ3v) is 18.2. The molecule has 0 radical (unpaired) electrons. The molecule has 0 bridgehead atoms. The molecule has 3 aliphatic heterocycles. The van der Waals surface area contributed by atoms with Crippen LogP contribution in [0.5, 0.6) is 0 Å². The van der Waals surface area contributed by atoms with Gasteiger partial charge in [-0.3, -0.25) is 0 Å². The van der Waals surface area contributed by atoms with E-state index in [4.69, 9.17) is 0 Å². The zero-order chi connectivity index (χ0) is 53.5. The van der Waals surface area contributed by atoms with Crippen LogP contribution in [0.25, 0.3) is 11.1 Å². The summed E-state index contributed by atoms with van der Waals surface area (Å²) in [6, 6.07) is 66.9. The Hall–Kier alpha value is -6.78. The van der Waals surface area contributed by atoms with Gasteiger partial charge in [-0.1, -0.05) is 205 Å². The Morgan fingerprint density at radius 1 is 0.421 bits per heavy atom. The van der Waals surface area contributed by atoms with Crippen LogP contribution in [0.4, 0.5) is 45.5 Å². The number of hydrogen-bond donors (Lipinski definition) is 0. The molecule has 1 aliphatic carbocycles. The molecular formula is C72H78BN3. The maximum Gasteiger partial charge on any atom is 0.252 e. The Bertz CT molecular complexity index is 3560. The van der Waals surface area contributed by atoms with Crippen molar-refractivity contribution in [3.05, 3.63) is 209 Å². The molecule has 0 aromatic heterocycles. The van der Waals surface area contributed by atoms with E-state index in [-0.39, 0.29) is 39.3 Å². The van der Waals surface area contributed by atoms with Gasteiger partial charge in [0.05, 0.1) is 11.2 Å². The Labute approximate surface area is 456 Å². The lowest BCUT2D eigenvalue weighted by atomic mass is 9.33. The highest BCUT2D eigenvalue weighted by molar-refractivity contribution is 7.00. The molecule has 3 nitrogen and oxygen atoms in total. The van der Waals surface area contributed by atoms with Crippen LogP contribution in [0.1, 0.15) is 155 Å². The van der Waals surface area contributed by atoms with E-state index in [0.717, 1.165) is 12.8 Å². The van der Waals surface area contributed by atoms with Gasteiger partial charge in [-0.15, -0.1) is 0 Å². The normalized spacial score (nSPS) is 19.0. The van der Waals surface area contributed by atoms with E-state index in [9.17, 15) is 0 Å². The fraction of sp³-hybridized carbons (Fsp3) is 0.333. The third-order valence-electron chi connectivity index (χ3n) is 18.2. The summed E-state index contributed by atoms with van der Waals surface area (Å²) < 4.78 is 0. The third kappa shape index (κ3) is 7.74. The highest BCUT2D eigenvalue weighted by atomic mass is 15.3. The van der Waals surface area contributed by atoms with E-state index in [0.29, 0.717) is 0 Å². The second-order valence-corrected chi connectivity index (χ2v) is 27.3. The molecule has 76 heavy (non-hydrogen) atoms. The van der Waals surface area contributed by atoms with Gasteiger partial charge in [0.1, 0.15) is 0 Å². The summed E-state index contributed by atoms with van der Waals surface area (Å²) >= 11 is 0. The van der Waals surface area contributed by atoms with E-state index in [2.05, 4.69) is 281 Å². The highest BCUT2D eigenvalue weighted by Crippen LogP contribution is 2.64. The summed E-state index contributed by atoms with van der Waals surface area (Å²) in [6.45, 7) is 33.0. The van der Waals surface area contributed by atoms with Gasteiger partial charge >= 0.3 is 0 Å². The number of benzene rings is 8. The van der Waals surface area contributed by atoms with Crippen molar-refractivity contribution in [1.29, 1.82) is 0 Å². The summed E-state index contributed by atoms with van der Waals surface area (Å²) in [5, 5.41) is 0. The van der Waals surface area contributed by atoms with Gasteiger partial charge in [-0.2, -0.15) is 0 Å². The van der Waals surface area contributed by atoms with Crippen LogP contribution in [0.2, 0.25) is 0 Å². The number of fused-ring (bicyclic) bond motifs is 7. The van der Waals surface area contributed by atoms with Crippen molar-refractivity contribution < 1.29 is 0 Å². The van der Waals surface area contributed by atoms with Crippen molar-refractivity contribution in [2.75, 3.05) is 14.7 Å². The van der Waals surface area contributed by atoms with Crippen LogP contribution in [0.3, 0.4) is 0 Å². The SMILES string of the molecule is Cc1cc2c3c(c1)N(c1ccc(C(C)(C)C)cc1-c1ccccc1)c1ccc(C(C)(C)C)cc1B3c1ccc(N3c4ccc(C(C)(C)C)cc4C4(c5ccccc5)CCCCC34C)cc1N2c1ccc(C(C)(C)C)cc1. The van der Waals surface area contributed by atoms with Crippen LogP contribution in [-0.4, -0.2) is 12.3 Å². The molecule has 8 aromatic carbocycles. The van der Waals surface area contributed by atoms with Gasteiger partial charge in [-0.05, 0) is 170 Å². The van der Waals surface area contributed by atoms with Crippen LogP contribution < -0.4 is 31.1 Å². The van der Waals surface area contributed by atoms with Gasteiger partial charge in [0.25, 0.3) is 6.71 Å². The minimum atomic E-state index is -0.215. The van der Waals surface area contributed by atoms with Crippen molar-refractivity contribution in [2.45, 2.75) is 155 Å². The smallest absolute Gasteiger partial charge is 0.252 e. The largest absolute Gasteiger partial charge is 0.334 e. The summed E-state index contributed by atoms with van der Waals surface area (Å²) in [5.74, 6) is 0. The van der Waals surface area contributed by atoms with Crippen LogP contribution in [0.15, 0.2) is 170 Å². The molecule has 12 rings (SSSR count). The first kappa shape index (κ1) is 50.1. The molecule has 2 atom stereocenters. The number of anilines is 8. The molecule has 0 amide bonds. The van der Waals surface area contributed by atoms with Crippen LogP contribution in [-0.2, 0) is 27.1 Å². The first-order valence-electron chi connectivity index (χ1n) is 28.3. The zero-order valence-electron chi connectivity index (χ0n) is 47.9. The number of aryl methyl sites for hydroxylation is 1. The van der Waals surface area contributed by atoms with Crippen molar-refractivity contribution in [3.8, 4) is 11.1 Å². The predicted molar refractivity (Wildman–Crippen MR) is 328 cm³/mol. The summed E-state index contributed by atoms with van der Waals surface area (Å²) in [6.07, 6.45) is 4.63. The molecule has 3 heterocycles. The molecule has 0 N–H and O–H groups in total. The van der Waals surface area contributed by atoms with E-state index in [1.54, 1.807) is 0 Å². The van der Waals surface area contributed by atoms with Gasteiger partial charge in [0.15, 0.2) is 0 Å². The fourth-order valence-corrected chi connectivity index (χ4v) is 14.1. The van der Waals surface area contributed by atoms with E-state index in [1.807, 2.05) is 0 Å². The Morgan fingerprint density at radius 3 is 1.58 bits per heavy atom. The number of rotatable bonds is 5. The van der Waals surface area contributed by atoms with Gasteiger partial charge in [0, 0.05) is 50.8 Å². The van der Waals surface area contributed by atoms with Crippen LogP contribution in [0, 0.1) is 6.92 Å². The first-order valence-corrected chi connectivity index (χ1v) is 28.3. The van der Waals surface area contributed by atoms with E-state index >= 15 is 0 Å². The average molecular weight is 996 g/mol. The second kappa shape index (κ2) is 17.4. The lowest BCUT2D eigenvalue weighted by Crippen LogP contribution is -2.61. The molecule has 1 saturated carbocycles. The number of hydrogen-bond acceptors (Lipinski definition) is 3. The van der Waals surface area contributed by atoms with Gasteiger partial charge < -0.3 is 14.7 Å². The van der Waals surface area contributed by atoms with E-state index < -0.39 is 0 Å². The topological polar surface area (TPSA) is 9.72 Å². The Morgan fingerprint density at radius 2 is 0.947 bits per heavy atom. The standard InChI is InChI=1S/C72H78BN3/c1-47-41-64-66-65(42-47)75(60-36-29-51(68(5,6)7)43-56(60)48-23-17-15-18-24-48)62-38-31-53(70(11,12)13)45-59(62)73(66)58-35-34-55(46-63(58)74(64)54-32-27-49(28-33-54)67(2,3)4)76-61-37-30-52(69(8,9)10)44-57(61)72(50-25-19-16-20-26-50)40-22-21-39-71(72,76)14/h15-20,23-38,41-46H,21-22,39-40H2,1-14H3. The van der Waals surface area contributed by atoms with Crippen molar-refractivity contribution in [3.63, 3.8) is 0 Å². The van der Waals surface area contributed by atoms with Crippen molar-refractivity contribution in [2.24, 2.45) is 0 Å². The lowest BCUT2D eigenvalue weighted by Gasteiger charge is -2.52. The molecule has 8 aromatic rings. The second-order valence-electron chi connectivity index (χ2n) is 27.3. The maximum absolute atomic E-state index is 2.81. The summed E-state index contributed by atoms with van der Waals surface area (Å²) in [7, 11) is 0. The highest BCUT2D eigenvalue weighted by Gasteiger charge is 2.61. The van der Waals surface area contributed by atoms with Crippen molar-refractivity contribution in [1.82, 2.24) is 0 Å². The van der Waals surface area contributed by atoms with Gasteiger partial charge in [-0.25, -0.2) is 0 Å². The minimum absolute atomic E-state index is 0.0162. The molecular weight excluding hydrogens is 918 g/mol. The van der Waals surface area contributed by atoms with Crippen molar-refractivity contribution >= 4 is 68.6 Å². The zero-order valence-corrected chi connectivity index (χ0v) is 47.9. The van der Waals surface area contributed by atoms with Gasteiger partial charge in [0.2, 0.25) is 0 Å². The fourth-order valence-electron chi connectivity index (χ4n) is 14.1. The quantitative estimate of drug-likeness (QED) is 0.159. The molecule has 384 valence electrons. The lowest BCUT2D eigenvalue weighted by molar-refractivity contribution is 0.215.